The average molecular weight is 300 g/mol. The lowest BCUT2D eigenvalue weighted by Gasteiger charge is -2.26. The topological polar surface area (TPSA) is 98.3 Å². The van der Waals surface area contributed by atoms with Crippen LogP contribution in [0.1, 0.15) is 27.2 Å². The molecule has 0 aromatic carbocycles. The molecule has 0 spiro atoms. The van der Waals surface area contributed by atoms with Gasteiger partial charge in [-0.2, -0.15) is 5.10 Å². The molecule has 1 amide bonds. The minimum Gasteiger partial charge on any atom is -0.297 e. The quantitative estimate of drug-likeness (QED) is 0.866. The van der Waals surface area contributed by atoms with Gasteiger partial charge in [0, 0.05) is 24.9 Å². The number of primary sulfonamides is 1. The maximum atomic E-state index is 12.1. The van der Waals surface area contributed by atoms with Crippen molar-refractivity contribution in [3.8, 4) is 0 Å². The van der Waals surface area contributed by atoms with Gasteiger partial charge in [-0.25, -0.2) is 18.2 Å². The summed E-state index contributed by atoms with van der Waals surface area (Å²) in [5, 5.41) is 9.29. The second kappa shape index (κ2) is 4.85. The molecule has 0 saturated carbocycles. The van der Waals surface area contributed by atoms with Crippen molar-refractivity contribution in [2.45, 2.75) is 32.7 Å². The second-order valence-corrected chi connectivity index (χ2v) is 7.84. The van der Waals surface area contributed by atoms with Crippen LogP contribution in [0.25, 0.3) is 0 Å². The second-order valence-electron chi connectivity index (χ2n) is 6.18. The van der Waals surface area contributed by atoms with E-state index in [9.17, 15) is 13.2 Å². The zero-order valence-electron chi connectivity index (χ0n) is 11.9. The van der Waals surface area contributed by atoms with E-state index in [4.69, 9.17) is 5.14 Å². The molecule has 1 aliphatic rings. The molecular weight excluding hydrogens is 280 g/mol. The van der Waals surface area contributed by atoms with Crippen molar-refractivity contribution in [3.05, 3.63) is 12.3 Å². The highest BCUT2D eigenvalue weighted by Gasteiger charge is 2.35. The van der Waals surface area contributed by atoms with Crippen LogP contribution in [0, 0.1) is 5.92 Å². The minimum absolute atomic E-state index is 0.0929. The van der Waals surface area contributed by atoms with E-state index >= 15 is 0 Å². The van der Waals surface area contributed by atoms with E-state index in [-0.39, 0.29) is 29.5 Å². The van der Waals surface area contributed by atoms with Gasteiger partial charge in [-0.05, 0) is 20.8 Å². The highest BCUT2D eigenvalue weighted by atomic mass is 32.2. The van der Waals surface area contributed by atoms with Crippen molar-refractivity contribution in [2.75, 3.05) is 17.2 Å². The van der Waals surface area contributed by atoms with Crippen LogP contribution < -0.4 is 10.0 Å². The van der Waals surface area contributed by atoms with E-state index in [2.05, 4.69) is 5.10 Å². The van der Waals surface area contributed by atoms with Crippen LogP contribution in [0.2, 0.25) is 0 Å². The number of sulfonamides is 1. The van der Waals surface area contributed by atoms with E-state index in [1.54, 1.807) is 21.8 Å². The van der Waals surface area contributed by atoms with Crippen molar-refractivity contribution in [1.82, 2.24) is 9.78 Å². The fourth-order valence-electron chi connectivity index (χ4n) is 2.46. The van der Waals surface area contributed by atoms with Gasteiger partial charge in [-0.3, -0.25) is 9.69 Å². The molecular formula is C12H20N4O3S. The minimum atomic E-state index is -3.56. The summed E-state index contributed by atoms with van der Waals surface area (Å²) < 4.78 is 24.1. The average Bonchev–Trinajstić information content (AvgIpc) is 2.80. The Morgan fingerprint density at radius 2 is 2.10 bits per heavy atom. The Kier molecular flexibility index (Phi) is 3.64. The summed E-state index contributed by atoms with van der Waals surface area (Å²) in [6.07, 6.45) is 1.84. The Bertz CT molecular complexity index is 615. The number of nitrogens with two attached hydrogens (primary N) is 1. The number of nitrogens with zero attached hydrogens (tertiary/aromatic N) is 3. The Morgan fingerprint density at radius 1 is 1.45 bits per heavy atom. The number of carbonyl (C=O) groups excluding carboxylic acids is 1. The largest absolute Gasteiger partial charge is 0.297 e. The summed E-state index contributed by atoms with van der Waals surface area (Å²) in [4.78, 5) is 13.7. The number of anilines is 1. The van der Waals surface area contributed by atoms with Crippen molar-refractivity contribution >= 4 is 21.7 Å². The summed E-state index contributed by atoms with van der Waals surface area (Å²) in [5.41, 5.74) is -0.253. The summed E-state index contributed by atoms with van der Waals surface area (Å²) in [6.45, 7) is 6.33. The molecule has 1 aliphatic heterocycles. The van der Waals surface area contributed by atoms with Gasteiger partial charge in [0.25, 0.3) is 0 Å². The fraction of sp³-hybridized carbons (Fsp3) is 0.667. The third kappa shape index (κ3) is 3.18. The Hall–Kier alpha value is -1.41. The number of rotatable bonds is 3. The Labute approximate surface area is 118 Å². The molecule has 2 heterocycles. The number of hydrogen-bond donors (Lipinski definition) is 1. The number of amides is 1. The first-order valence-corrected chi connectivity index (χ1v) is 8.15. The first-order chi connectivity index (χ1) is 9.08. The van der Waals surface area contributed by atoms with Gasteiger partial charge >= 0.3 is 0 Å². The van der Waals surface area contributed by atoms with Gasteiger partial charge in [0.1, 0.15) is 5.82 Å². The first kappa shape index (κ1) is 15.0. The van der Waals surface area contributed by atoms with Crippen molar-refractivity contribution < 1.29 is 13.2 Å². The molecule has 2 rings (SSSR count). The molecule has 1 aromatic rings. The zero-order valence-corrected chi connectivity index (χ0v) is 12.7. The molecule has 1 atom stereocenters. The highest BCUT2D eigenvalue weighted by Crippen LogP contribution is 2.28. The molecule has 0 aliphatic carbocycles. The molecule has 1 unspecified atom stereocenters. The molecule has 0 radical (unpaired) electrons. The predicted molar refractivity (Wildman–Crippen MR) is 75.7 cm³/mol. The standard InChI is InChI=1S/C12H20N4O3S/c1-12(2,3)16-10(4-5-14-16)15-7-9(6-11(15)17)8-20(13,18)19/h4-5,9H,6-8H2,1-3H3,(H2,13,18,19). The maximum absolute atomic E-state index is 12.1. The number of carbonyl (C=O) groups is 1. The van der Waals surface area contributed by atoms with E-state index < -0.39 is 10.0 Å². The van der Waals surface area contributed by atoms with Gasteiger partial charge in [-0.1, -0.05) is 0 Å². The van der Waals surface area contributed by atoms with Gasteiger partial charge < -0.3 is 0 Å². The first-order valence-electron chi connectivity index (χ1n) is 6.43. The number of aromatic nitrogens is 2. The number of hydrogen-bond acceptors (Lipinski definition) is 4. The molecule has 1 fully saturated rings. The van der Waals surface area contributed by atoms with Crippen molar-refractivity contribution in [1.29, 1.82) is 0 Å². The van der Waals surface area contributed by atoms with E-state index in [1.165, 1.54) is 0 Å². The third-order valence-corrected chi connectivity index (χ3v) is 4.14. The van der Waals surface area contributed by atoms with E-state index in [1.807, 2.05) is 20.8 Å². The third-order valence-electron chi connectivity index (χ3n) is 3.21. The van der Waals surface area contributed by atoms with Crippen LogP contribution >= 0.6 is 0 Å². The summed E-state index contributed by atoms with van der Waals surface area (Å²) in [5.74, 6) is 0.170. The zero-order chi connectivity index (χ0) is 15.1. The molecule has 112 valence electrons. The van der Waals surface area contributed by atoms with E-state index in [0.717, 1.165) is 0 Å². The lowest BCUT2D eigenvalue weighted by Crippen LogP contribution is -2.33. The monoisotopic (exact) mass is 300 g/mol. The van der Waals surface area contributed by atoms with Crippen LogP contribution in [0.15, 0.2) is 12.3 Å². The van der Waals surface area contributed by atoms with Crippen molar-refractivity contribution in [3.63, 3.8) is 0 Å². The SMILES string of the molecule is CC(C)(C)n1nccc1N1CC(CS(N)(=O)=O)CC1=O. The maximum Gasteiger partial charge on any atom is 0.228 e. The smallest absolute Gasteiger partial charge is 0.228 e. The van der Waals surface area contributed by atoms with Gasteiger partial charge in [0.2, 0.25) is 15.9 Å². The predicted octanol–water partition coefficient (Wildman–Crippen LogP) is 0.279. The molecule has 20 heavy (non-hydrogen) atoms. The van der Waals surface area contributed by atoms with E-state index in [0.29, 0.717) is 12.4 Å². The van der Waals surface area contributed by atoms with Crippen LogP contribution in [-0.4, -0.2) is 36.4 Å². The van der Waals surface area contributed by atoms with Crippen LogP contribution in [0.5, 0.6) is 0 Å². The van der Waals surface area contributed by atoms with Crippen LogP contribution in [0.3, 0.4) is 0 Å². The molecule has 8 heteroatoms. The molecule has 0 bridgehead atoms. The van der Waals surface area contributed by atoms with Crippen LogP contribution in [-0.2, 0) is 20.4 Å². The van der Waals surface area contributed by atoms with Gasteiger partial charge in [0.05, 0.1) is 17.5 Å². The normalized spacial score (nSPS) is 20.7. The molecule has 1 aromatic heterocycles. The lowest BCUT2D eigenvalue weighted by atomic mass is 10.1. The highest BCUT2D eigenvalue weighted by molar-refractivity contribution is 7.89. The van der Waals surface area contributed by atoms with Gasteiger partial charge in [0.15, 0.2) is 0 Å². The van der Waals surface area contributed by atoms with Crippen LogP contribution in [0.4, 0.5) is 5.82 Å². The van der Waals surface area contributed by atoms with Crippen molar-refractivity contribution in [2.24, 2.45) is 11.1 Å². The fourth-order valence-corrected chi connectivity index (χ4v) is 3.34. The summed E-state index contributed by atoms with van der Waals surface area (Å²) in [6, 6.07) is 1.77. The lowest BCUT2D eigenvalue weighted by molar-refractivity contribution is -0.117. The summed E-state index contributed by atoms with van der Waals surface area (Å²) in [7, 11) is -3.56. The molecule has 2 N–H and O–H groups in total. The Balaban J connectivity index is 2.23. The Morgan fingerprint density at radius 3 is 2.65 bits per heavy atom. The van der Waals surface area contributed by atoms with Gasteiger partial charge in [-0.15, -0.1) is 0 Å². The summed E-state index contributed by atoms with van der Waals surface area (Å²) >= 11 is 0. The molecule has 1 saturated heterocycles. The molecule has 7 nitrogen and oxygen atoms in total.